The molecular formula is C4H7N3OS. The summed E-state index contributed by atoms with van der Waals surface area (Å²) in [4.78, 5) is 11.7. The highest BCUT2D eigenvalue weighted by atomic mass is 32.1. The summed E-state index contributed by atoms with van der Waals surface area (Å²) in [7, 11) is 1.84. The highest BCUT2D eigenvalue weighted by molar-refractivity contribution is 7.80. The van der Waals surface area contributed by atoms with Crippen molar-refractivity contribution in [3.63, 3.8) is 0 Å². The highest BCUT2D eigenvalue weighted by Crippen LogP contribution is 2.05. The fourth-order valence-electron chi connectivity index (χ4n) is 0.709. The average molecular weight is 145 g/mol. The van der Waals surface area contributed by atoms with Gasteiger partial charge in [0.25, 0.3) is 0 Å². The predicted molar refractivity (Wildman–Crippen MR) is 37.7 cm³/mol. The summed E-state index contributed by atoms with van der Waals surface area (Å²) in [6, 6.07) is 0. The van der Waals surface area contributed by atoms with E-state index in [0.717, 1.165) is 6.54 Å². The summed E-state index contributed by atoms with van der Waals surface area (Å²) >= 11 is 4.82. The van der Waals surface area contributed by atoms with Crippen molar-refractivity contribution >= 4 is 17.3 Å². The lowest BCUT2D eigenvalue weighted by Gasteiger charge is -2.08. The molecule has 0 aromatic rings. The van der Waals surface area contributed by atoms with Crippen LogP contribution in [0.2, 0.25) is 0 Å². The van der Waals surface area contributed by atoms with E-state index in [-0.39, 0.29) is 0 Å². The van der Waals surface area contributed by atoms with Crippen LogP contribution in [-0.4, -0.2) is 35.2 Å². The summed E-state index contributed by atoms with van der Waals surface area (Å²) in [6.07, 6.45) is 0. The third kappa shape index (κ3) is 0.999. The molecule has 0 aliphatic carbocycles. The maximum absolute atomic E-state index is 9.92. The molecule has 50 valence electrons. The normalized spacial score (nSPS) is 19.0. The molecule has 1 rings (SSSR count). The van der Waals surface area contributed by atoms with Crippen LogP contribution >= 0.6 is 12.2 Å². The molecule has 1 saturated heterocycles. The van der Waals surface area contributed by atoms with Crippen LogP contribution in [0.1, 0.15) is 0 Å². The van der Waals surface area contributed by atoms with E-state index in [0.29, 0.717) is 11.7 Å². The molecule has 1 fully saturated rings. The number of nitroso groups, excluding NO2 is 1. The van der Waals surface area contributed by atoms with Crippen molar-refractivity contribution in [3.05, 3.63) is 4.91 Å². The summed E-state index contributed by atoms with van der Waals surface area (Å²) in [5, 5.41) is 4.51. The van der Waals surface area contributed by atoms with E-state index in [2.05, 4.69) is 5.29 Å². The van der Waals surface area contributed by atoms with Gasteiger partial charge in [-0.3, -0.25) is 0 Å². The Morgan fingerprint density at radius 1 is 1.67 bits per heavy atom. The van der Waals surface area contributed by atoms with Crippen molar-refractivity contribution in [3.8, 4) is 0 Å². The Balaban J connectivity index is 2.61. The quantitative estimate of drug-likeness (QED) is 0.390. The number of nitrogens with zero attached hydrogens (tertiary/aromatic N) is 3. The molecule has 4 nitrogen and oxygen atoms in total. The monoisotopic (exact) mass is 145 g/mol. The topological polar surface area (TPSA) is 35.9 Å². The average Bonchev–Trinajstić information content (AvgIpc) is 2.15. The van der Waals surface area contributed by atoms with E-state index in [1.165, 1.54) is 5.01 Å². The first-order chi connectivity index (χ1) is 4.25. The molecule has 0 spiro atoms. The second kappa shape index (κ2) is 2.26. The second-order valence-corrected chi connectivity index (χ2v) is 2.27. The first-order valence-corrected chi connectivity index (χ1v) is 3.02. The largest absolute Gasteiger partial charge is 0.349 e. The van der Waals surface area contributed by atoms with Crippen LogP contribution in [0.4, 0.5) is 0 Å². The van der Waals surface area contributed by atoms with E-state index < -0.39 is 0 Å². The SMILES string of the molecule is CN1CCN(N=O)C1=S. The Hall–Kier alpha value is -0.710. The number of rotatable bonds is 1. The summed E-state index contributed by atoms with van der Waals surface area (Å²) in [6.45, 7) is 1.42. The van der Waals surface area contributed by atoms with Crippen molar-refractivity contribution in [2.24, 2.45) is 5.29 Å². The third-order valence-corrected chi connectivity index (χ3v) is 1.82. The van der Waals surface area contributed by atoms with E-state index >= 15 is 0 Å². The van der Waals surface area contributed by atoms with Crippen LogP contribution in [0.3, 0.4) is 0 Å². The Labute approximate surface area is 58.4 Å². The Morgan fingerprint density at radius 2 is 2.33 bits per heavy atom. The van der Waals surface area contributed by atoms with Crippen molar-refractivity contribution in [2.75, 3.05) is 20.1 Å². The molecule has 0 bridgehead atoms. The number of thiocarbonyl (C=S) groups is 1. The van der Waals surface area contributed by atoms with Gasteiger partial charge in [-0.2, -0.15) is 0 Å². The Kier molecular flexibility index (Phi) is 1.61. The van der Waals surface area contributed by atoms with Crippen molar-refractivity contribution in [2.45, 2.75) is 0 Å². The Morgan fingerprint density at radius 3 is 2.56 bits per heavy atom. The van der Waals surface area contributed by atoms with Gasteiger partial charge in [0, 0.05) is 13.6 Å². The first kappa shape index (κ1) is 6.41. The summed E-state index contributed by atoms with van der Waals surface area (Å²) in [5.41, 5.74) is 0. The van der Waals surface area contributed by atoms with Crippen LogP contribution in [0.25, 0.3) is 0 Å². The van der Waals surface area contributed by atoms with Gasteiger partial charge in [0.1, 0.15) is 0 Å². The molecule has 0 N–H and O–H groups in total. The first-order valence-electron chi connectivity index (χ1n) is 2.61. The van der Waals surface area contributed by atoms with E-state index in [1.54, 1.807) is 0 Å². The number of likely N-dealkylation sites (N-methyl/N-ethyl adjacent to an activating group) is 1. The van der Waals surface area contributed by atoms with Gasteiger partial charge in [0.2, 0.25) is 0 Å². The van der Waals surface area contributed by atoms with Crippen LogP contribution in [0.15, 0.2) is 5.29 Å². The van der Waals surface area contributed by atoms with Crippen molar-refractivity contribution < 1.29 is 0 Å². The van der Waals surface area contributed by atoms with Gasteiger partial charge in [0.05, 0.1) is 11.8 Å². The fraction of sp³-hybridized carbons (Fsp3) is 0.750. The molecule has 0 unspecified atom stereocenters. The lowest BCUT2D eigenvalue weighted by Crippen LogP contribution is -2.24. The second-order valence-electron chi connectivity index (χ2n) is 1.91. The molecule has 0 saturated carbocycles. The van der Waals surface area contributed by atoms with Gasteiger partial charge in [0.15, 0.2) is 5.11 Å². The molecular weight excluding hydrogens is 138 g/mol. The van der Waals surface area contributed by atoms with Gasteiger partial charge < -0.3 is 4.90 Å². The molecule has 1 aliphatic rings. The van der Waals surface area contributed by atoms with Gasteiger partial charge in [-0.1, -0.05) is 0 Å². The van der Waals surface area contributed by atoms with Crippen LogP contribution in [-0.2, 0) is 0 Å². The minimum Gasteiger partial charge on any atom is -0.349 e. The molecule has 1 heterocycles. The molecule has 0 radical (unpaired) electrons. The van der Waals surface area contributed by atoms with Gasteiger partial charge in [-0.15, -0.1) is 4.91 Å². The minimum absolute atomic E-state index is 0.519. The third-order valence-electron chi connectivity index (χ3n) is 1.29. The van der Waals surface area contributed by atoms with Crippen LogP contribution in [0, 0.1) is 4.91 Å². The van der Waals surface area contributed by atoms with E-state index in [9.17, 15) is 4.91 Å². The fourth-order valence-corrected chi connectivity index (χ4v) is 0.925. The van der Waals surface area contributed by atoms with E-state index in [4.69, 9.17) is 12.2 Å². The lowest BCUT2D eigenvalue weighted by atomic mass is 10.7. The van der Waals surface area contributed by atoms with Gasteiger partial charge >= 0.3 is 0 Å². The predicted octanol–water partition coefficient (Wildman–Crippen LogP) is 0.200. The Bertz CT molecular complexity index is 149. The molecule has 0 amide bonds. The zero-order chi connectivity index (χ0) is 6.85. The minimum atomic E-state index is 0.519. The van der Waals surface area contributed by atoms with Gasteiger partial charge in [-0.05, 0) is 12.2 Å². The summed E-state index contributed by atoms with van der Waals surface area (Å²) in [5.74, 6) is 0. The van der Waals surface area contributed by atoms with Crippen molar-refractivity contribution in [1.29, 1.82) is 0 Å². The maximum Gasteiger partial charge on any atom is 0.194 e. The molecule has 1 aliphatic heterocycles. The standard InChI is InChI=1S/C4H7N3OS/c1-6-2-3-7(5-8)4(6)9/h2-3H2,1H3. The number of hydrogen-bond acceptors (Lipinski definition) is 3. The highest BCUT2D eigenvalue weighted by Gasteiger charge is 2.21. The van der Waals surface area contributed by atoms with E-state index in [1.807, 2.05) is 11.9 Å². The van der Waals surface area contributed by atoms with Crippen molar-refractivity contribution in [1.82, 2.24) is 9.91 Å². The lowest BCUT2D eigenvalue weighted by molar-refractivity contribution is 0.494. The zero-order valence-electron chi connectivity index (χ0n) is 5.07. The molecule has 5 heteroatoms. The maximum atomic E-state index is 9.92. The van der Waals surface area contributed by atoms with Crippen LogP contribution in [0.5, 0.6) is 0 Å². The molecule has 0 aromatic carbocycles. The zero-order valence-corrected chi connectivity index (χ0v) is 5.89. The smallest absolute Gasteiger partial charge is 0.194 e. The van der Waals surface area contributed by atoms with Crippen LogP contribution < -0.4 is 0 Å². The molecule has 0 atom stereocenters. The summed E-state index contributed by atoms with van der Waals surface area (Å²) < 4.78 is 0. The molecule has 0 aromatic heterocycles. The van der Waals surface area contributed by atoms with Gasteiger partial charge in [-0.25, -0.2) is 5.01 Å². The molecule has 9 heavy (non-hydrogen) atoms. The number of hydrogen-bond donors (Lipinski definition) is 0.